The van der Waals surface area contributed by atoms with E-state index >= 15 is 0 Å². The third kappa shape index (κ3) is 6.17. The highest BCUT2D eigenvalue weighted by molar-refractivity contribution is 6.35. The number of hydrogen-bond donors (Lipinski definition) is 4. The Hall–Kier alpha value is -4.12. The quantitative estimate of drug-likeness (QED) is 0.235. The maximum atomic E-state index is 13.8. The van der Waals surface area contributed by atoms with Gasteiger partial charge in [-0.1, -0.05) is 17.7 Å². The monoisotopic (exact) mass is 606 g/mol. The molecule has 0 saturated heterocycles. The molecule has 1 aliphatic heterocycles. The highest BCUT2D eigenvalue weighted by Crippen LogP contribution is 2.45. The van der Waals surface area contributed by atoms with E-state index in [1.165, 1.54) is 37.3 Å². The lowest BCUT2D eigenvalue weighted by Crippen LogP contribution is -2.48. The van der Waals surface area contributed by atoms with Gasteiger partial charge in [0.25, 0.3) is 5.91 Å². The number of carbonyl (C=O) groups excluding carboxylic acids is 2. The van der Waals surface area contributed by atoms with Crippen molar-refractivity contribution in [3.8, 4) is 17.0 Å². The molecule has 3 heterocycles. The first-order valence-electron chi connectivity index (χ1n) is 13.7. The van der Waals surface area contributed by atoms with Crippen LogP contribution in [-0.4, -0.2) is 57.3 Å². The molecule has 11 heteroatoms. The summed E-state index contributed by atoms with van der Waals surface area (Å²) in [7, 11) is 0. The van der Waals surface area contributed by atoms with Gasteiger partial charge < -0.3 is 25.6 Å². The van der Waals surface area contributed by atoms with Gasteiger partial charge in [0, 0.05) is 34.8 Å². The molecule has 4 aromatic rings. The number of fused-ring (bicyclic) bond motifs is 2. The summed E-state index contributed by atoms with van der Waals surface area (Å²) < 4.78 is 19.8. The van der Waals surface area contributed by atoms with Crippen molar-refractivity contribution in [1.82, 2.24) is 20.6 Å². The summed E-state index contributed by atoms with van der Waals surface area (Å²) in [6.07, 6.45) is 1.61. The number of carbonyl (C=O) groups is 2. The highest BCUT2D eigenvalue weighted by Gasteiger charge is 2.46. The fraction of sp³-hybridized carbons (Fsp3) is 0.312. The van der Waals surface area contributed by atoms with Gasteiger partial charge >= 0.3 is 0 Å². The first-order valence-corrected chi connectivity index (χ1v) is 14.1. The number of hydrogen-bond acceptors (Lipinski definition) is 7. The van der Waals surface area contributed by atoms with Gasteiger partial charge in [-0.2, -0.15) is 0 Å². The van der Waals surface area contributed by atoms with Gasteiger partial charge in [0.1, 0.15) is 34.9 Å². The molecule has 0 unspecified atom stereocenters. The Morgan fingerprint density at radius 3 is 2.49 bits per heavy atom. The van der Waals surface area contributed by atoms with Gasteiger partial charge in [-0.25, -0.2) is 9.37 Å². The third-order valence-electron chi connectivity index (χ3n) is 7.44. The molecule has 0 fully saturated rings. The maximum Gasteiger partial charge on any atom is 0.251 e. The van der Waals surface area contributed by atoms with E-state index in [0.717, 1.165) is 0 Å². The summed E-state index contributed by atoms with van der Waals surface area (Å²) in [5.41, 5.74) is -1.71. The second-order valence-corrected chi connectivity index (χ2v) is 12.3. The Bertz CT molecular complexity index is 1720. The van der Waals surface area contributed by atoms with Crippen LogP contribution in [0.5, 0.6) is 5.75 Å². The van der Waals surface area contributed by atoms with Crippen LogP contribution in [0.1, 0.15) is 49.3 Å². The highest BCUT2D eigenvalue weighted by atomic mass is 35.5. The van der Waals surface area contributed by atoms with Crippen LogP contribution < -0.4 is 15.4 Å². The zero-order valence-corrected chi connectivity index (χ0v) is 24.9. The van der Waals surface area contributed by atoms with Crippen molar-refractivity contribution in [2.24, 2.45) is 0 Å². The van der Waals surface area contributed by atoms with Crippen LogP contribution in [0.4, 0.5) is 4.39 Å². The number of aliphatic hydroxyl groups is 2. The van der Waals surface area contributed by atoms with E-state index in [1.807, 2.05) is 0 Å². The first-order chi connectivity index (χ1) is 20.2. The molecule has 0 bridgehead atoms. The van der Waals surface area contributed by atoms with E-state index in [-0.39, 0.29) is 31.3 Å². The number of rotatable bonds is 8. The van der Waals surface area contributed by atoms with E-state index in [0.29, 0.717) is 44.1 Å². The van der Waals surface area contributed by atoms with Crippen LogP contribution in [-0.2, 0) is 15.8 Å². The van der Waals surface area contributed by atoms with Gasteiger partial charge in [0.15, 0.2) is 0 Å². The molecule has 5 rings (SSSR count). The number of aromatic nitrogens is 2. The smallest absolute Gasteiger partial charge is 0.251 e. The number of ether oxygens (including phenoxy) is 1. The van der Waals surface area contributed by atoms with E-state index in [4.69, 9.17) is 16.3 Å². The molecule has 9 nitrogen and oxygen atoms in total. The molecule has 2 atom stereocenters. The van der Waals surface area contributed by atoms with Gasteiger partial charge in [-0.3, -0.25) is 14.6 Å². The summed E-state index contributed by atoms with van der Waals surface area (Å²) in [5.74, 6) is -0.957. The minimum atomic E-state index is -1.70. The molecule has 0 saturated carbocycles. The predicted molar refractivity (Wildman–Crippen MR) is 160 cm³/mol. The molecular weight excluding hydrogens is 575 g/mol. The van der Waals surface area contributed by atoms with Gasteiger partial charge in [-0.15, -0.1) is 0 Å². The number of pyridine rings is 2. The Labute approximate surface area is 253 Å². The summed E-state index contributed by atoms with van der Waals surface area (Å²) in [6, 6.07) is 13.9. The third-order valence-corrected chi connectivity index (χ3v) is 7.73. The van der Waals surface area contributed by atoms with Crippen molar-refractivity contribution >= 4 is 34.3 Å². The zero-order valence-electron chi connectivity index (χ0n) is 24.2. The van der Waals surface area contributed by atoms with Crippen LogP contribution >= 0.6 is 11.6 Å². The van der Waals surface area contributed by atoms with Crippen LogP contribution in [0.25, 0.3) is 22.2 Å². The second kappa shape index (κ2) is 11.2. The Balaban J connectivity index is 1.49. The minimum absolute atomic E-state index is 0.0120. The van der Waals surface area contributed by atoms with Crippen LogP contribution in [0, 0.1) is 5.82 Å². The van der Waals surface area contributed by atoms with Crippen LogP contribution in [0.3, 0.4) is 0 Å². The summed E-state index contributed by atoms with van der Waals surface area (Å²) in [4.78, 5) is 35.5. The molecule has 2 amide bonds. The Morgan fingerprint density at radius 1 is 1.07 bits per heavy atom. The molecule has 0 spiro atoms. The zero-order chi connectivity index (χ0) is 31.2. The van der Waals surface area contributed by atoms with Crippen molar-refractivity contribution in [3.05, 3.63) is 88.5 Å². The van der Waals surface area contributed by atoms with Crippen LogP contribution in [0.15, 0.2) is 60.8 Å². The lowest BCUT2D eigenvalue weighted by Gasteiger charge is -2.28. The molecule has 4 N–H and O–H groups in total. The topological polar surface area (TPSA) is 134 Å². The predicted octanol–water partition coefficient (Wildman–Crippen LogP) is 4.26. The van der Waals surface area contributed by atoms with Crippen molar-refractivity contribution in [2.75, 3.05) is 19.7 Å². The molecule has 2 aromatic carbocycles. The average molecular weight is 607 g/mol. The minimum Gasteiger partial charge on any atom is -0.489 e. The summed E-state index contributed by atoms with van der Waals surface area (Å²) in [6.45, 7) is 6.12. The van der Waals surface area contributed by atoms with Gasteiger partial charge in [0.05, 0.1) is 28.4 Å². The van der Waals surface area contributed by atoms with E-state index < -0.39 is 28.3 Å². The van der Waals surface area contributed by atoms with E-state index in [2.05, 4.69) is 20.6 Å². The van der Waals surface area contributed by atoms with Gasteiger partial charge in [-0.05, 0) is 76.2 Å². The number of halogens is 2. The van der Waals surface area contributed by atoms with Gasteiger partial charge in [0.2, 0.25) is 5.91 Å². The van der Waals surface area contributed by atoms with E-state index in [9.17, 15) is 24.2 Å². The maximum absolute atomic E-state index is 13.8. The molecule has 224 valence electrons. The lowest BCUT2D eigenvalue weighted by atomic mass is 9.81. The lowest BCUT2D eigenvalue weighted by molar-refractivity contribution is -0.127. The SMILES string of the molecule is CC(C)(O)CNC(=O)[C@@]1(C)COc2c1cc([C@@](C)(O)CNC(=O)c1cc(Cl)c3ncccc3c1)nc2-c1ccc(F)cc1. The van der Waals surface area contributed by atoms with Crippen molar-refractivity contribution in [1.29, 1.82) is 0 Å². The average Bonchev–Trinajstić information content (AvgIpc) is 3.32. The largest absolute Gasteiger partial charge is 0.489 e. The number of nitrogens with zero attached hydrogens (tertiary/aromatic N) is 2. The fourth-order valence-corrected chi connectivity index (χ4v) is 5.14. The van der Waals surface area contributed by atoms with E-state index in [1.54, 1.807) is 51.2 Å². The molecule has 0 aliphatic carbocycles. The Morgan fingerprint density at radius 2 is 1.79 bits per heavy atom. The molecule has 43 heavy (non-hydrogen) atoms. The molecule has 2 aromatic heterocycles. The molecular formula is C32H32ClFN4O5. The fourth-order valence-electron chi connectivity index (χ4n) is 4.87. The molecule has 0 radical (unpaired) electrons. The standard InChI is InChI=1S/C32H32ClFN4O5/c1-30(2,41)15-37-29(40)31(3)17-43-27-22(31)14-24(38-26(27)18-7-9-21(34)10-8-18)32(4,42)16-36-28(39)20-12-19-6-5-11-35-25(19)23(33)13-20/h5-14,41-42H,15-17H2,1-4H3,(H,36,39)(H,37,40)/t31-,32-/m0/s1. The second-order valence-electron chi connectivity index (χ2n) is 11.8. The summed E-state index contributed by atoms with van der Waals surface area (Å²) in [5, 5.41) is 28.3. The molecule has 1 aliphatic rings. The Kier molecular flexibility index (Phi) is 7.89. The normalized spacial score (nSPS) is 17.6. The first kappa shape index (κ1) is 30.3. The number of benzene rings is 2. The van der Waals surface area contributed by atoms with Crippen molar-refractivity contribution in [2.45, 2.75) is 44.3 Å². The van der Waals surface area contributed by atoms with Crippen molar-refractivity contribution < 1.29 is 28.9 Å². The number of nitrogens with one attached hydrogen (secondary N) is 2. The van der Waals surface area contributed by atoms with Crippen LogP contribution in [0.2, 0.25) is 5.02 Å². The van der Waals surface area contributed by atoms with Crippen molar-refractivity contribution in [3.63, 3.8) is 0 Å². The number of amides is 2. The summed E-state index contributed by atoms with van der Waals surface area (Å²) >= 11 is 6.35.